The molecular formula is C42H60N10O8. The Labute approximate surface area is 350 Å². The molecule has 2 aromatic rings. The normalized spacial score (nSPS) is 18.7. The van der Waals surface area contributed by atoms with E-state index >= 15 is 0 Å². The van der Waals surface area contributed by atoms with Crippen LogP contribution in [-0.2, 0) is 33.6 Å². The number of ketones is 1. The number of benzene rings is 1. The van der Waals surface area contributed by atoms with E-state index in [4.69, 9.17) is 0 Å². The van der Waals surface area contributed by atoms with Gasteiger partial charge in [-0.2, -0.15) is 0 Å². The third-order valence-corrected chi connectivity index (χ3v) is 10.7. The fourth-order valence-electron chi connectivity index (χ4n) is 7.42. The van der Waals surface area contributed by atoms with E-state index in [0.717, 1.165) is 32.1 Å². The highest BCUT2D eigenvalue weighted by Gasteiger charge is 2.42. The molecule has 18 nitrogen and oxygen atoms in total. The lowest BCUT2D eigenvalue weighted by molar-refractivity contribution is -0.141. The molecule has 1 aliphatic heterocycles. The zero-order valence-corrected chi connectivity index (χ0v) is 35.3. The van der Waals surface area contributed by atoms with Gasteiger partial charge in [-0.05, 0) is 36.2 Å². The molecule has 0 spiro atoms. The minimum Gasteiger partial charge on any atom is -0.349 e. The van der Waals surface area contributed by atoms with Gasteiger partial charge in [0.25, 0.3) is 11.8 Å². The van der Waals surface area contributed by atoms with Gasteiger partial charge in [0.15, 0.2) is 0 Å². The molecule has 6 atom stereocenters. The summed E-state index contributed by atoms with van der Waals surface area (Å²) in [5, 5.41) is 19.3. The van der Waals surface area contributed by atoms with Gasteiger partial charge in [0, 0.05) is 39.6 Å². The summed E-state index contributed by atoms with van der Waals surface area (Å²) >= 11 is 0. The highest BCUT2D eigenvalue weighted by molar-refractivity contribution is 6.38. The van der Waals surface area contributed by atoms with Gasteiger partial charge < -0.3 is 42.1 Å². The molecule has 1 aliphatic carbocycles. The highest BCUT2D eigenvalue weighted by Crippen LogP contribution is 2.28. The Kier molecular flexibility index (Phi) is 17.2. The molecule has 7 N–H and O–H groups in total. The van der Waals surface area contributed by atoms with Crippen molar-refractivity contribution < 1.29 is 38.4 Å². The summed E-state index contributed by atoms with van der Waals surface area (Å²) in [5.41, 5.74) is -0.188. The second-order valence-corrected chi connectivity index (χ2v) is 16.7. The first-order valence-electron chi connectivity index (χ1n) is 20.6. The Bertz CT molecular complexity index is 1830. The molecule has 0 bridgehead atoms. The number of likely N-dealkylation sites (N-methyl/N-ethyl adjacent to an activating group) is 1. The molecule has 2 fully saturated rings. The van der Waals surface area contributed by atoms with Crippen LogP contribution in [-0.4, -0.2) is 120 Å². The van der Waals surface area contributed by atoms with Crippen molar-refractivity contribution in [1.82, 2.24) is 52.1 Å². The predicted octanol–water partition coefficient (Wildman–Crippen LogP) is 0.306. The Balaban J connectivity index is 1.38. The number of hydrogen-bond donors (Lipinski definition) is 7. The highest BCUT2D eigenvalue weighted by atomic mass is 16.2. The number of nitrogens with one attached hydrogen (secondary N) is 7. The summed E-state index contributed by atoms with van der Waals surface area (Å²) in [6, 6.07) is 3.63. The van der Waals surface area contributed by atoms with E-state index in [-0.39, 0.29) is 37.0 Å². The molecule has 0 radical (unpaired) electrons. The maximum Gasteiger partial charge on any atom is 0.290 e. The van der Waals surface area contributed by atoms with Crippen molar-refractivity contribution in [3.05, 3.63) is 60.2 Å². The monoisotopic (exact) mass is 832 g/mol. The lowest BCUT2D eigenvalue weighted by Crippen LogP contribution is -2.61. The summed E-state index contributed by atoms with van der Waals surface area (Å²) in [6.45, 7) is 6.95. The number of aromatic nitrogens is 2. The van der Waals surface area contributed by atoms with Gasteiger partial charge in [-0.1, -0.05) is 83.7 Å². The third-order valence-electron chi connectivity index (χ3n) is 10.7. The van der Waals surface area contributed by atoms with E-state index in [1.807, 2.05) is 0 Å². The van der Waals surface area contributed by atoms with Crippen LogP contribution < -0.4 is 37.2 Å². The molecule has 0 unspecified atom stereocenters. The van der Waals surface area contributed by atoms with Gasteiger partial charge in [0.05, 0.1) is 30.7 Å². The Morgan fingerprint density at radius 2 is 1.57 bits per heavy atom. The van der Waals surface area contributed by atoms with E-state index in [1.165, 1.54) is 23.5 Å². The zero-order valence-electron chi connectivity index (χ0n) is 35.3. The molecule has 2 heterocycles. The zero-order chi connectivity index (χ0) is 44.0. The minimum atomic E-state index is -1.22. The van der Waals surface area contributed by atoms with E-state index < -0.39 is 89.3 Å². The van der Waals surface area contributed by atoms with Crippen molar-refractivity contribution in [2.75, 3.05) is 33.7 Å². The van der Waals surface area contributed by atoms with Crippen LogP contribution in [0.15, 0.2) is 48.9 Å². The Morgan fingerprint density at radius 1 is 0.867 bits per heavy atom. The summed E-state index contributed by atoms with van der Waals surface area (Å²) in [4.78, 5) is 116. The number of Topliss-reactive ketones (excluding diaryl/α,β-unsaturated/α-hetero) is 1. The number of nitrogens with zero attached hydrogens (tertiary/aromatic N) is 3. The molecule has 1 saturated heterocycles. The number of carbonyl (C=O) groups is 8. The maximum atomic E-state index is 14.0. The van der Waals surface area contributed by atoms with E-state index in [1.54, 1.807) is 72.1 Å². The van der Waals surface area contributed by atoms with Crippen molar-refractivity contribution >= 4 is 47.1 Å². The summed E-state index contributed by atoms with van der Waals surface area (Å²) in [5.74, 6) is -6.29. The maximum absolute atomic E-state index is 14.0. The summed E-state index contributed by atoms with van der Waals surface area (Å²) in [6.07, 6.45) is 8.99. The first-order chi connectivity index (χ1) is 28.5. The van der Waals surface area contributed by atoms with Crippen LogP contribution in [0.5, 0.6) is 0 Å². The van der Waals surface area contributed by atoms with Gasteiger partial charge in [-0.15, -0.1) is 0 Å². The average molecular weight is 833 g/mol. The fraction of sp³-hybridized carbons (Fsp3) is 0.571. The number of rotatable bonds is 18. The van der Waals surface area contributed by atoms with E-state index in [9.17, 15) is 38.4 Å². The lowest BCUT2D eigenvalue weighted by atomic mass is 9.82. The molecule has 18 heteroatoms. The van der Waals surface area contributed by atoms with E-state index in [2.05, 4.69) is 47.2 Å². The minimum absolute atomic E-state index is 0.0623. The lowest BCUT2D eigenvalue weighted by Gasteiger charge is -2.35. The third kappa shape index (κ3) is 13.1. The molecule has 2 aliphatic rings. The largest absolute Gasteiger partial charge is 0.349 e. The van der Waals surface area contributed by atoms with Crippen LogP contribution in [0.2, 0.25) is 0 Å². The predicted molar refractivity (Wildman–Crippen MR) is 220 cm³/mol. The molecule has 60 heavy (non-hydrogen) atoms. The van der Waals surface area contributed by atoms with Crippen molar-refractivity contribution in [1.29, 1.82) is 0 Å². The fourth-order valence-corrected chi connectivity index (χ4v) is 7.42. The number of hydrogen-bond acceptors (Lipinski definition) is 11. The molecule has 7 amide bonds. The van der Waals surface area contributed by atoms with Gasteiger partial charge in [-0.25, -0.2) is 4.98 Å². The van der Waals surface area contributed by atoms with Crippen LogP contribution in [0, 0.1) is 17.3 Å². The summed E-state index contributed by atoms with van der Waals surface area (Å²) < 4.78 is 0. The molecular weight excluding hydrogens is 773 g/mol. The molecule has 1 aromatic heterocycles. The van der Waals surface area contributed by atoms with Crippen molar-refractivity contribution in [2.45, 2.75) is 103 Å². The van der Waals surface area contributed by atoms with E-state index in [0.29, 0.717) is 12.0 Å². The van der Waals surface area contributed by atoms with Crippen LogP contribution in [0.3, 0.4) is 0 Å². The van der Waals surface area contributed by atoms with Gasteiger partial charge in [0.2, 0.25) is 35.3 Å². The smallest absolute Gasteiger partial charge is 0.290 e. The van der Waals surface area contributed by atoms with Crippen molar-refractivity contribution in [3.8, 4) is 0 Å². The summed E-state index contributed by atoms with van der Waals surface area (Å²) in [7, 11) is 3.10. The Hall–Kier alpha value is -5.78. The van der Waals surface area contributed by atoms with Crippen LogP contribution in [0.25, 0.3) is 0 Å². The first kappa shape index (κ1) is 46.9. The standard InChI is InChI=1S/C42H60N10O8/c1-7-14-28(34(54)39(58)46-24-31(53)49-33(41(60)52(5)6)26-17-12-9-13-18-26)47-36(55)27-21-44-22-29(27)48-40(59)35(42(2,3)4)51-38(57)32(25-15-10-8-11-16-25)50-37(56)30-23-43-19-20-45-30/h9,12-13,17-20,23,25,27-29,32-33,35,44H,7-8,10-11,14-16,21-22,24H2,1-6H3,(H,46,58)(H,47,55)(H,48,59)(H,49,53)(H,50,56)(H,51,57)/t27-,28+,29+,32+,33+,35-/m1/s1. The molecule has 326 valence electrons. The van der Waals surface area contributed by atoms with Crippen molar-refractivity contribution in [3.63, 3.8) is 0 Å². The first-order valence-corrected chi connectivity index (χ1v) is 20.6. The topological polar surface area (TPSA) is 250 Å². The second kappa shape index (κ2) is 22.0. The second-order valence-electron chi connectivity index (χ2n) is 16.7. The molecule has 1 aromatic carbocycles. The number of amides is 7. The molecule has 1 saturated carbocycles. The van der Waals surface area contributed by atoms with Gasteiger partial charge in [0.1, 0.15) is 23.8 Å². The number of carbonyl (C=O) groups excluding carboxylic acids is 8. The van der Waals surface area contributed by atoms with Gasteiger partial charge >= 0.3 is 0 Å². The quantitative estimate of drug-likeness (QED) is 0.101. The van der Waals surface area contributed by atoms with Crippen LogP contribution >= 0.6 is 0 Å². The molecule has 4 rings (SSSR count). The van der Waals surface area contributed by atoms with Crippen LogP contribution in [0.4, 0.5) is 0 Å². The van der Waals surface area contributed by atoms with Gasteiger partial charge in [-0.3, -0.25) is 43.3 Å². The van der Waals surface area contributed by atoms with Crippen LogP contribution in [0.1, 0.15) is 94.7 Å². The SMILES string of the molecule is CCC[C@H](NC(=O)[C@@H]1CNC[C@@H]1NC(=O)[C@@H](NC(=O)[C@@H](NC(=O)c1cnccn1)C1CCCCC1)C(C)(C)C)C(=O)C(=O)NCC(=O)N[C@H](C(=O)N(C)C)c1ccccc1. The average Bonchev–Trinajstić information content (AvgIpc) is 3.70. The Morgan fingerprint density at radius 3 is 2.18 bits per heavy atom. The van der Waals surface area contributed by atoms with Crippen molar-refractivity contribution in [2.24, 2.45) is 17.3 Å².